The van der Waals surface area contributed by atoms with E-state index in [0.29, 0.717) is 6.61 Å². The minimum atomic E-state index is 0.0715. The van der Waals surface area contributed by atoms with Gasteiger partial charge >= 0.3 is 0 Å². The van der Waals surface area contributed by atoms with E-state index >= 15 is 0 Å². The van der Waals surface area contributed by atoms with E-state index < -0.39 is 0 Å². The number of hydrogen-bond donors (Lipinski definition) is 1. The van der Waals surface area contributed by atoms with E-state index in [1.54, 1.807) is 7.11 Å². The van der Waals surface area contributed by atoms with Crippen molar-refractivity contribution in [2.24, 2.45) is 0 Å². The van der Waals surface area contributed by atoms with Crippen LogP contribution in [-0.2, 0) is 11.3 Å². The molecule has 0 aliphatic heterocycles. The van der Waals surface area contributed by atoms with Crippen molar-refractivity contribution in [3.8, 4) is 11.5 Å². The SMILES string of the molecule is CCCOc1ccc(CNCC)c(OCC(C)OC)c1. The van der Waals surface area contributed by atoms with Crippen molar-refractivity contribution in [3.05, 3.63) is 23.8 Å². The molecule has 0 saturated heterocycles. The Morgan fingerprint density at radius 3 is 2.65 bits per heavy atom. The van der Waals surface area contributed by atoms with Crippen LogP contribution in [0.25, 0.3) is 0 Å². The van der Waals surface area contributed by atoms with Crippen LogP contribution in [-0.4, -0.2) is 33.0 Å². The summed E-state index contributed by atoms with van der Waals surface area (Å²) in [7, 11) is 1.69. The first-order valence-corrected chi connectivity index (χ1v) is 7.33. The summed E-state index contributed by atoms with van der Waals surface area (Å²) in [5.41, 5.74) is 1.14. The highest BCUT2D eigenvalue weighted by Gasteiger charge is 2.08. The van der Waals surface area contributed by atoms with Crippen LogP contribution in [0.2, 0.25) is 0 Å². The minimum Gasteiger partial charge on any atom is -0.493 e. The van der Waals surface area contributed by atoms with Crippen LogP contribution < -0.4 is 14.8 Å². The lowest BCUT2D eigenvalue weighted by molar-refractivity contribution is 0.0711. The Balaban J connectivity index is 2.76. The third-order valence-corrected chi connectivity index (χ3v) is 2.95. The number of nitrogens with one attached hydrogen (secondary N) is 1. The van der Waals surface area contributed by atoms with Crippen molar-refractivity contribution in [3.63, 3.8) is 0 Å². The van der Waals surface area contributed by atoms with Crippen molar-refractivity contribution in [1.29, 1.82) is 0 Å². The van der Waals surface area contributed by atoms with Crippen LogP contribution in [0.5, 0.6) is 11.5 Å². The lowest BCUT2D eigenvalue weighted by Crippen LogP contribution is -2.18. The summed E-state index contributed by atoms with van der Waals surface area (Å²) in [6, 6.07) is 6.01. The number of benzene rings is 1. The van der Waals surface area contributed by atoms with Gasteiger partial charge in [-0.05, 0) is 26.0 Å². The fraction of sp³-hybridized carbons (Fsp3) is 0.625. The third kappa shape index (κ3) is 5.80. The molecule has 0 amide bonds. The molecule has 0 aliphatic rings. The molecular formula is C16H27NO3. The van der Waals surface area contributed by atoms with Crippen molar-refractivity contribution in [1.82, 2.24) is 5.32 Å². The van der Waals surface area contributed by atoms with Gasteiger partial charge in [0.25, 0.3) is 0 Å². The van der Waals surface area contributed by atoms with Gasteiger partial charge in [0, 0.05) is 25.3 Å². The first kappa shape index (κ1) is 16.8. The molecule has 0 heterocycles. The van der Waals surface area contributed by atoms with E-state index in [0.717, 1.165) is 43.2 Å². The molecule has 1 aromatic carbocycles. The summed E-state index contributed by atoms with van der Waals surface area (Å²) in [6.07, 6.45) is 1.07. The van der Waals surface area contributed by atoms with E-state index in [1.807, 2.05) is 19.1 Å². The van der Waals surface area contributed by atoms with Crippen LogP contribution in [0, 0.1) is 0 Å². The Bertz CT molecular complexity index is 382. The first-order chi connectivity index (χ1) is 9.71. The highest BCUT2D eigenvalue weighted by atomic mass is 16.5. The van der Waals surface area contributed by atoms with Crippen LogP contribution in [0.4, 0.5) is 0 Å². The molecule has 0 aromatic heterocycles. The topological polar surface area (TPSA) is 39.7 Å². The smallest absolute Gasteiger partial charge is 0.127 e. The first-order valence-electron chi connectivity index (χ1n) is 7.33. The quantitative estimate of drug-likeness (QED) is 0.715. The van der Waals surface area contributed by atoms with Gasteiger partial charge in [-0.25, -0.2) is 0 Å². The molecule has 1 atom stereocenters. The van der Waals surface area contributed by atoms with Gasteiger partial charge in [-0.3, -0.25) is 0 Å². The van der Waals surface area contributed by atoms with Gasteiger partial charge in [-0.2, -0.15) is 0 Å². The summed E-state index contributed by atoms with van der Waals surface area (Å²) in [5, 5.41) is 3.32. The molecular weight excluding hydrogens is 254 g/mol. The Morgan fingerprint density at radius 2 is 2.00 bits per heavy atom. The normalized spacial score (nSPS) is 12.2. The van der Waals surface area contributed by atoms with E-state index in [2.05, 4.69) is 25.2 Å². The predicted octanol–water partition coefficient (Wildman–Crippen LogP) is 3.00. The van der Waals surface area contributed by atoms with Crippen LogP contribution in [0.3, 0.4) is 0 Å². The summed E-state index contributed by atoms with van der Waals surface area (Å²) in [5.74, 6) is 1.72. The molecule has 1 N–H and O–H groups in total. The summed E-state index contributed by atoms with van der Waals surface area (Å²) in [6.45, 7) is 9.15. The standard InChI is InChI=1S/C16H27NO3/c1-5-9-19-15-8-7-14(11-17-6-2)16(10-15)20-12-13(3)18-4/h7-8,10,13,17H,5-6,9,11-12H2,1-4H3. The third-order valence-electron chi connectivity index (χ3n) is 2.95. The molecule has 0 bridgehead atoms. The monoisotopic (exact) mass is 281 g/mol. The van der Waals surface area contributed by atoms with E-state index in [1.165, 1.54) is 0 Å². The van der Waals surface area contributed by atoms with Gasteiger partial charge in [0.05, 0.1) is 12.7 Å². The lowest BCUT2D eigenvalue weighted by atomic mass is 10.2. The van der Waals surface area contributed by atoms with Crippen molar-refractivity contribution in [2.75, 3.05) is 26.9 Å². The van der Waals surface area contributed by atoms with E-state index in [-0.39, 0.29) is 6.10 Å². The average molecular weight is 281 g/mol. The number of methoxy groups -OCH3 is 1. The maximum atomic E-state index is 5.86. The van der Waals surface area contributed by atoms with Crippen molar-refractivity contribution < 1.29 is 14.2 Å². The second-order valence-electron chi connectivity index (χ2n) is 4.76. The summed E-state index contributed by atoms with van der Waals surface area (Å²) >= 11 is 0. The summed E-state index contributed by atoms with van der Waals surface area (Å²) < 4.78 is 16.7. The minimum absolute atomic E-state index is 0.0715. The zero-order valence-electron chi connectivity index (χ0n) is 13.1. The zero-order chi connectivity index (χ0) is 14.8. The second-order valence-corrected chi connectivity index (χ2v) is 4.76. The summed E-state index contributed by atoms with van der Waals surface area (Å²) in [4.78, 5) is 0. The van der Waals surface area contributed by atoms with Gasteiger partial charge in [-0.15, -0.1) is 0 Å². The molecule has 20 heavy (non-hydrogen) atoms. The Hall–Kier alpha value is -1.26. The second kappa shape index (κ2) is 9.61. The molecule has 0 aliphatic carbocycles. The Morgan fingerprint density at radius 1 is 1.20 bits per heavy atom. The molecule has 0 saturated carbocycles. The highest BCUT2D eigenvalue weighted by molar-refractivity contribution is 5.40. The molecule has 1 rings (SSSR count). The van der Waals surface area contributed by atoms with E-state index in [4.69, 9.17) is 14.2 Å². The number of ether oxygens (including phenoxy) is 3. The fourth-order valence-corrected chi connectivity index (χ4v) is 1.66. The molecule has 0 spiro atoms. The maximum Gasteiger partial charge on any atom is 0.127 e. The van der Waals surface area contributed by atoms with Crippen LogP contribution in [0.15, 0.2) is 18.2 Å². The van der Waals surface area contributed by atoms with Crippen LogP contribution in [0.1, 0.15) is 32.8 Å². The van der Waals surface area contributed by atoms with Gasteiger partial charge in [0.15, 0.2) is 0 Å². The van der Waals surface area contributed by atoms with Gasteiger partial charge in [0.2, 0.25) is 0 Å². The Labute approximate surface area is 122 Å². The molecule has 4 nitrogen and oxygen atoms in total. The molecule has 4 heteroatoms. The average Bonchev–Trinajstić information content (AvgIpc) is 2.49. The van der Waals surface area contributed by atoms with Gasteiger partial charge < -0.3 is 19.5 Å². The largest absolute Gasteiger partial charge is 0.493 e. The lowest BCUT2D eigenvalue weighted by Gasteiger charge is -2.16. The molecule has 0 radical (unpaired) electrons. The molecule has 114 valence electrons. The van der Waals surface area contributed by atoms with Crippen molar-refractivity contribution in [2.45, 2.75) is 39.8 Å². The molecule has 1 aromatic rings. The van der Waals surface area contributed by atoms with Crippen molar-refractivity contribution >= 4 is 0 Å². The highest BCUT2D eigenvalue weighted by Crippen LogP contribution is 2.25. The zero-order valence-corrected chi connectivity index (χ0v) is 13.1. The molecule has 1 unspecified atom stereocenters. The molecule has 0 fully saturated rings. The number of rotatable bonds is 10. The number of hydrogen-bond acceptors (Lipinski definition) is 4. The van der Waals surface area contributed by atoms with Crippen LogP contribution >= 0.6 is 0 Å². The van der Waals surface area contributed by atoms with Gasteiger partial charge in [0.1, 0.15) is 18.1 Å². The van der Waals surface area contributed by atoms with E-state index in [9.17, 15) is 0 Å². The fourth-order valence-electron chi connectivity index (χ4n) is 1.66. The van der Waals surface area contributed by atoms with Gasteiger partial charge in [-0.1, -0.05) is 19.9 Å². The Kier molecular flexibility index (Phi) is 8.07. The predicted molar refractivity (Wildman–Crippen MR) is 81.6 cm³/mol. The maximum absolute atomic E-state index is 5.86.